The third-order valence-corrected chi connectivity index (χ3v) is 5.17. The van der Waals surface area contributed by atoms with E-state index in [0.717, 1.165) is 18.7 Å². The minimum atomic E-state index is -0.131. The van der Waals surface area contributed by atoms with Gasteiger partial charge in [0.25, 0.3) is 0 Å². The van der Waals surface area contributed by atoms with Gasteiger partial charge in [0.05, 0.1) is 5.75 Å². The molecule has 9 heteroatoms. The van der Waals surface area contributed by atoms with Gasteiger partial charge in [-0.15, -0.1) is 10.2 Å². The summed E-state index contributed by atoms with van der Waals surface area (Å²) in [7, 11) is 0. The number of nitrogen functional groups attached to an aromatic ring is 1. The van der Waals surface area contributed by atoms with Crippen LogP contribution in [0.1, 0.15) is 12.8 Å². The minimum Gasteiger partial charge on any atom is -0.374 e. The van der Waals surface area contributed by atoms with Crippen LogP contribution in [0.15, 0.2) is 28.6 Å². The van der Waals surface area contributed by atoms with E-state index in [1.165, 1.54) is 23.1 Å². The van der Waals surface area contributed by atoms with E-state index in [0.29, 0.717) is 21.6 Å². The number of carbonyl (C=O) groups excluding carboxylic acids is 2. The van der Waals surface area contributed by atoms with E-state index >= 15 is 0 Å². The number of thioether (sulfide) groups is 1. The highest BCUT2D eigenvalue weighted by Crippen LogP contribution is 2.25. The second-order valence-electron chi connectivity index (χ2n) is 4.94. The Morgan fingerprint density at radius 2 is 2.13 bits per heavy atom. The van der Waals surface area contributed by atoms with E-state index in [4.69, 9.17) is 5.73 Å². The van der Waals surface area contributed by atoms with Gasteiger partial charge in [-0.3, -0.25) is 9.59 Å². The van der Waals surface area contributed by atoms with Crippen molar-refractivity contribution in [1.82, 2.24) is 10.2 Å². The number of rotatable bonds is 5. The van der Waals surface area contributed by atoms with Gasteiger partial charge in [0.15, 0.2) is 4.34 Å². The molecule has 1 aromatic carbocycles. The molecular formula is C14H15N5O2S2. The zero-order valence-corrected chi connectivity index (χ0v) is 13.8. The quantitative estimate of drug-likeness (QED) is 0.801. The summed E-state index contributed by atoms with van der Waals surface area (Å²) in [6.45, 7) is 0.756. The topological polar surface area (TPSA) is 101 Å². The van der Waals surface area contributed by atoms with Crippen LogP contribution in [0.25, 0.3) is 0 Å². The van der Waals surface area contributed by atoms with Crippen molar-refractivity contribution in [1.29, 1.82) is 0 Å². The molecule has 2 amide bonds. The fourth-order valence-corrected chi connectivity index (χ4v) is 3.69. The Morgan fingerprint density at radius 1 is 1.35 bits per heavy atom. The zero-order chi connectivity index (χ0) is 16.2. The molecule has 0 atom stereocenters. The smallest absolute Gasteiger partial charge is 0.234 e. The largest absolute Gasteiger partial charge is 0.374 e. The zero-order valence-electron chi connectivity index (χ0n) is 12.2. The van der Waals surface area contributed by atoms with Gasteiger partial charge in [-0.05, 0) is 30.7 Å². The molecule has 0 saturated carbocycles. The Hall–Kier alpha value is -2.13. The monoisotopic (exact) mass is 349 g/mol. The molecule has 3 N–H and O–H groups in total. The van der Waals surface area contributed by atoms with Crippen molar-refractivity contribution in [3.05, 3.63) is 24.3 Å². The Morgan fingerprint density at radius 3 is 2.74 bits per heavy atom. The number of benzene rings is 1. The van der Waals surface area contributed by atoms with E-state index < -0.39 is 0 Å². The summed E-state index contributed by atoms with van der Waals surface area (Å²) in [5.74, 6) is 0.254. The first-order valence-corrected chi connectivity index (χ1v) is 8.84. The van der Waals surface area contributed by atoms with E-state index in [2.05, 4.69) is 15.5 Å². The summed E-state index contributed by atoms with van der Waals surface area (Å²) in [4.78, 5) is 25.4. The highest BCUT2D eigenvalue weighted by atomic mass is 32.2. The van der Waals surface area contributed by atoms with Crippen molar-refractivity contribution in [3.8, 4) is 0 Å². The summed E-state index contributed by atoms with van der Waals surface area (Å²) < 4.78 is 0.667. The van der Waals surface area contributed by atoms with E-state index in [9.17, 15) is 9.59 Å². The SMILES string of the molecule is Nc1nnc(SCC(=O)Nc2ccc(N3CCCC3=O)cc2)s1. The maximum absolute atomic E-state index is 11.9. The molecule has 1 aliphatic rings. The predicted molar refractivity (Wildman–Crippen MR) is 91.7 cm³/mol. The second-order valence-corrected chi connectivity index (χ2v) is 7.17. The Labute approximate surface area is 141 Å². The number of anilines is 3. The van der Waals surface area contributed by atoms with Crippen LogP contribution in [0.3, 0.4) is 0 Å². The molecule has 2 aromatic rings. The fourth-order valence-electron chi connectivity index (χ4n) is 2.25. The fraction of sp³-hybridized carbons (Fsp3) is 0.286. The highest BCUT2D eigenvalue weighted by Gasteiger charge is 2.21. The van der Waals surface area contributed by atoms with Crippen LogP contribution in [-0.4, -0.2) is 34.3 Å². The van der Waals surface area contributed by atoms with Gasteiger partial charge >= 0.3 is 0 Å². The summed E-state index contributed by atoms with van der Waals surface area (Å²) >= 11 is 2.55. The first-order chi connectivity index (χ1) is 11.1. The maximum atomic E-state index is 11.9. The average Bonchev–Trinajstić information content (AvgIpc) is 3.14. The summed E-state index contributed by atoms with van der Waals surface area (Å²) in [5.41, 5.74) is 7.05. The van der Waals surface area contributed by atoms with E-state index in [1.807, 2.05) is 12.1 Å². The molecule has 0 bridgehead atoms. The van der Waals surface area contributed by atoms with Crippen LogP contribution in [0.4, 0.5) is 16.5 Å². The van der Waals surface area contributed by atoms with Gasteiger partial charge in [-0.25, -0.2) is 0 Å². The number of amides is 2. The lowest BCUT2D eigenvalue weighted by molar-refractivity contribution is -0.117. The van der Waals surface area contributed by atoms with Crippen molar-refractivity contribution >= 4 is 51.4 Å². The standard InChI is InChI=1S/C14H15N5O2S2/c15-13-17-18-14(23-13)22-8-11(20)16-9-3-5-10(6-4-9)19-7-1-2-12(19)21/h3-6H,1-2,7-8H2,(H2,15,17)(H,16,20). The molecule has 120 valence electrons. The summed E-state index contributed by atoms with van der Waals surface area (Å²) in [5, 5.41) is 10.7. The molecule has 3 rings (SSSR count). The number of hydrogen-bond acceptors (Lipinski definition) is 7. The molecule has 1 aliphatic heterocycles. The molecule has 7 nitrogen and oxygen atoms in total. The van der Waals surface area contributed by atoms with Crippen molar-refractivity contribution < 1.29 is 9.59 Å². The van der Waals surface area contributed by atoms with Crippen molar-refractivity contribution in [2.45, 2.75) is 17.2 Å². The molecule has 23 heavy (non-hydrogen) atoms. The molecular weight excluding hydrogens is 334 g/mol. The number of hydrogen-bond donors (Lipinski definition) is 2. The van der Waals surface area contributed by atoms with Gasteiger partial charge in [-0.1, -0.05) is 23.1 Å². The van der Waals surface area contributed by atoms with Crippen LogP contribution in [0.2, 0.25) is 0 Å². The molecule has 1 saturated heterocycles. The molecule has 2 heterocycles. The van der Waals surface area contributed by atoms with Crippen LogP contribution in [-0.2, 0) is 9.59 Å². The normalized spacial score (nSPS) is 14.3. The Bertz CT molecular complexity index is 716. The van der Waals surface area contributed by atoms with Gasteiger partial charge in [-0.2, -0.15) is 0 Å². The molecule has 1 aromatic heterocycles. The molecule has 0 unspecified atom stereocenters. The lowest BCUT2D eigenvalue weighted by Gasteiger charge is -2.16. The third kappa shape index (κ3) is 3.99. The van der Waals surface area contributed by atoms with Gasteiger partial charge in [0.1, 0.15) is 0 Å². The lowest BCUT2D eigenvalue weighted by atomic mass is 10.2. The number of nitrogens with two attached hydrogens (primary N) is 1. The van der Waals surface area contributed by atoms with Crippen LogP contribution >= 0.6 is 23.1 Å². The molecule has 0 aliphatic carbocycles. The predicted octanol–water partition coefficient (Wildman–Crippen LogP) is 1.98. The van der Waals surface area contributed by atoms with Crippen LogP contribution < -0.4 is 16.0 Å². The number of nitrogens with one attached hydrogen (secondary N) is 1. The number of aromatic nitrogens is 2. The second kappa shape index (κ2) is 6.97. The molecule has 0 radical (unpaired) electrons. The third-order valence-electron chi connectivity index (χ3n) is 3.28. The Kier molecular flexibility index (Phi) is 4.77. The summed E-state index contributed by atoms with van der Waals surface area (Å²) in [6.07, 6.45) is 1.50. The average molecular weight is 349 g/mol. The number of nitrogens with zero attached hydrogens (tertiary/aromatic N) is 3. The minimum absolute atomic E-state index is 0.131. The van der Waals surface area contributed by atoms with Crippen molar-refractivity contribution in [2.75, 3.05) is 28.2 Å². The van der Waals surface area contributed by atoms with Crippen LogP contribution in [0.5, 0.6) is 0 Å². The highest BCUT2D eigenvalue weighted by molar-refractivity contribution is 8.01. The Balaban J connectivity index is 1.53. The van der Waals surface area contributed by atoms with Crippen molar-refractivity contribution in [2.24, 2.45) is 0 Å². The lowest BCUT2D eigenvalue weighted by Crippen LogP contribution is -2.23. The van der Waals surface area contributed by atoms with Gasteiger partial charge in [0.2, 0.25) is 16.9 Å². The first-order valence-electron chi connectivity index (χ1n) is 7.04. The number of carbonyl (C=O) groups is 2. The maximum Gasteiger partial charge on any atom is 0.234 e. The van der Waals surface area contributed by atoms with Gasteiger partial charge < -0.3 is 16.0 Å². The molecule has 1 fully saturated rings. The summed E-state index contributed by atoms with van der Waals surface area (Å²) in [6, 6.07) is 7.29. The van der Waals surface area contributed by atoms with Gasteiger partial charge in [0, 0.05) is 24.3 Å². The van der Waals surface area contributed by atoms with E-state index in [-0.39, 0.29) is 17.6 Å². The van der Waals surface area contributed by atoms with Crippen molar-refractivity contribution in [3.63, 3.8) is 0 Å². The first kappa shape index (κ1) is 15.8. The van der Waals surface area contributed by atoms with E-state index in [1.54, 1.807) is 17.0 Å². The molecule has 0 spiro atoms. The van der Waals surface area contributed by atoms with Crippen LogP contribution in [0, 0.1) is 0 Å².